The second kappa shape index (κ2) is 7.89. The Bertz CT molecular complexity index is 429. The first-order chi connectivity index (χ1) is 9.08. The summed E-state index contributed by atoms with van der Waals surface area (Å²) in [6.45, 7) is 4.61. The molecule has 0 aromatic carbocycles. The van der Waals surface area contributed by atoms with E-state index in [1.807, 2.05) is 0 Å². The lowest BCUT2D eigenvalue weighted by molar-refractivity contribution is -0.386. The van der Waals surface area contributed by atoms with Crippen LogP contribution in [0.15, 0.2) is 6.20 Å². The predicted octanol–water partition coefficient (Wildman–Crippen LogP) is 3.63. The molecule has 0 aliphatic rings. The number of nitro groups is 1. The minimum atomic E-state index is -0.571. The second-order valence-corrected chi connectivity index (χ2v) is 4.65. The molecular weight excluding hydrogens is 270 g/mol. The van der Waals surface area contributed by atoms with Crippen molar-refractivity contribution in [1.82, 2.24) is 9.97 Å². The van der Waals surface area contributed by atoms with Gasteiger partial charge in [0.2, 0.25) is 5.28 Å². The van der Waals surface area contributed by atoms with Crippen LogP contribution in [0.1, 0.15) is 39.5 Å². The topological polar surface area (TPSA) is 78.2 Å². The van der Waals surface area contributed by atoms with Crippen molar-refractivity contribution in [3.8, 4) is 5.88 Å². The molecule has 0 radical (unpaired) electrons. The molecule has 1 heterocycles. The summed E-state index contributed by atoms with van der Waals surface area (Å²) in [4.78, 5) is 17.6. The Morgan fingerprint density at radius 3 is 2.84 bits per heavy atom. The van der Waals surface area contributed by atoms with Gasteiger partial charge in [0.15, 0.2) is 0 Å². The molecule has 0 spiro atoms. The van der Waals surface area contributed by atoms with E-state index in [0.29, 0.717) is 12.5 Å². The third kappa shape index (κ3) is 4.98. The van der Waals surface area contributed by atoms with Crippen molar-refractivity contribution in [2.24, 2.45) is 5.92 Å². The summed E-state index contributed by atoms with van der Waals surface area (Å²) in [5, 5.41) is 10.8. The third-order valence-corrected chi connectivity index (χ3v) is 3.08. The van der Waals surface area contributed by atoms with E-state index in [2.05, 4.69) is 23.8 Å². The Balaban J connectivity index is 2.70. The van der Waals surface area contributed by atoms with E-state index >= 15 is 0 Å². The highest BCUT2D eigenvalue weighted by Crippen LogP contribution is 2.25. The molecule has 0 saturated heterocycles. The molecule has 1 aromatic heterocycles. The van der Waals surface area contributed by atoms with Gasteiger partial charge in [0.05, 0.1) is 11.5 Å². The van der Waals surface area contributed by atoms with Crippen molar-refractivity contribution in [2.45, 2.75) is 39.5 Å². The van der Waals surface area contributed by atoms with Crippen LogP contribution in [0.4, 0.5) is 5.69 Å². The fraction of sp³-hybridized carbons (Fsp3) is 0.667. The molecule has 0 aliphatic heterocycles. The van der Waals surface area contributed by atoms with Crippen LogP contribution in [0.5, 0.6) is 5.88 Å². The molecule has 6 nitrogen and oxygen atoms in total. The van der Waals surface area contributed by atoms with E-state index in [9.17, 15) is 10.1 Å². The summed E-state index contributed by atoms with van der Waals surface area (Å²) in [6.07, 6.45) is 5.31. The minimum Gasteiger partial charge on any atom is -0.472 e. The fourth-order valence-corrected chi connectivity index (χ4v) is 1.79. The van der Waals surface area contributed by atoms with Crippen LogP contribution in [0.3, 0.4) is 0 Å². The molecule has 1 unspecified atom stereocenters. The molecule has 0 aliphatic carbocycles. The predicted molar refractivity (Wildman–Crippen MR) is 72.5 cm³/mol. The molecule has 0 N–H and O–H groups in total. The van der Waals surface area contributed by atoms with Gasteiger partial charge in [-0.05, 0) is 23.9 Å². The Hall–Kier alpha value is -1.43. The largest absolute Gasteiger partial charge is 0.472 e. The maximum Gasteiger partial charge on any atom is 0.349 e. The molecule has 0 fully saturated rings. The van der Waals surface area contributed by atoms with E-state index in [1.165, 1.54) is 0 Å². The van der Waals surface area contributed by atoms with Crippen LogP contribution in [0.2, 0.25) is 5.28 Å². The highest BCUT2D eigenvalue weighted by molar-refractivity contribution is 6.28. The van der Waals surface area contributed by atoms with E-state index in [-0.39, 0.29) is 16.9 Å². The molecule has 19 heavy (non-hydrogen) atoms. The van der Waals surface area contributed by atoms with Crippen LogP contribution in [-0.4, -0.2) is 21.5 Å². The van der Waals surface area contributed by atoms with Crippen molar-refractivity contribution in [2.75, 3.05) is 6.61 Å². The molecular formula is C12H18ClN3O3. The number of rotatable bonds is 8. The van der Waals surface area contributed by atoms with Gasteiger partial charge < -0.3 is 4.74 Å². The average Bonchev–Trinajstić information content (AvgIpc) is 2.38. The first kappa shape index (κ1) is 15.6. The van der Waals surface area contributed by atoms with Crippen LogP contribution in [-0.2, 0) is 0 Å². The van der Waals surface area contributed by atoms with Gasteiger partial charge in [-0.25, -0.2) is 4.98 Å². The number of unbranched alkanes of at least 4 members (excludes halogenated alkanes) is 1. The average molecular weight is 288 g/mol. The molecule has 106 valence electrons. The molecule has 0 saturated carbocycles. The lowest BCUT2D eigenvalue weighted by Crippen LogP contribution is -2.13. The first-order valence-electron chi connectivity index (χ1n) is 6.38. The maximum atomic E-state index is 10.8. The van der Waals surface area contributed by atoms with Gasteiger partial charge in [-0.15, -0.1) is 0 Å². The summed E-state index contributed by atoms with van der Waals surface area (Å²) < 4.78 is 5.45. The van der Waals surface area contributed by atoms with Gasteiger partial charge in [0.25, 0.3) is 5.88 Å². The smallest absolute Gasteiger partial charge is 0.349 e. The molecule has 0 amide bonds. The number of nitrogens with zero attached hydrogens (tertiary/aromatic N) is 3. The minimum absolute atomic E-state index is 0.0535. The van der Waals surface area contributed by atoms with E-state index < -0.39 is 4.92 Å². The molecule has 1 rings (SSSR count). The Kier molecular flexibility index (Phi) is 6.49. The van der Waals surface area contributed by atoms with E-state index in [4.69, 9.17) is 16.3 Å². The zero-order valence-electron chi connectivity index (χ0n) is 11.1. The zero-order chi connectivity index (χ0) is 14.3. The molecule has 0 bridgehead atoms. The van der Waals surface area contributed by atoms with Crippen LogP contribution < -0.4 is 4.74 Å². The number of ether oxygens (including phenoxy) is 1. The standard InChI is InChI=1S/C12H18ClN3O3/c1-3-5-6-9(4-2)8-19-11-10(16(17)18)7-14-12(13)15-11/h7,9H,3-6,8H2,1-2H3. The molecule has 7 heteroatoms. The van der Waals surface area contributed by atoms with Crippen molar-refractivity contribution < 1.29 is 9.66 Å². The zero-order valence-corrected chi connectivity index (χ0v) is 11.9. The fourth-order valence-electron chi connectivity index (χ4n) is 1.67. The van der Waals surface area contributed by atoms with Crippen LogP contribution >= 0.6 is 11.6 Å². The van der Waals surface area contributed by atoms with Crippen molar-refractivity contribution in [3.05, 3.63) is 21.6 Å². The van der Waals surface area contributed by atoms with Gasteiger partial charge in [0.1, 0.15) is 6.20 Å². The van der Waals surface area contributed by atoms with Gasteiger partial charge in [-0.1, -0.05) is 33.1 Å². The normalized spacial score (nSPS) is 12.2. The number of hydrogen-bond donors (Lipinski definition) is 0. The summed E-state index contributed by atoms with van der Waals surface area (Å²) >= 11 is 5.63. The summed E-state index contributed by atoms with van der Waals surface area (Å²) in [5.74, 6) is 0.313. The monoisotopic (exact) mass is 287 g/mol. The van der Waals surface area contributed by atoms with Gasteiger partial charge in [-0.3, -0.25) is 10.1 Å². The van der Waals surface area contributed by atoms with Crippen LogP contribution in [0, 0.1) is 16.0 Å². The lowest BCUT2D eigenvalue weighted by atomic mass is 10.0. The summed E-state index contributed by atoms with van der Waals surface area (Å²) in [6, 6.07) is 0. The van der Waals surface area contributed by atoms with Crippen LogP contribution in [0.25, 0.3) is 0 Å². The number of halogens is 1. The SMILES string of the molecule is CCCCC(CC)COc1nc(Cl)ncc1[N+](=O)[O-]. The molecule has 1 aromatic rings. The van der Waals surface area contributed by atoms with E-state index in [0.717, 1.165) is 31.9 Å². The quantitative estimate of drug-likeness (QED) is 0.414. The number of hydrogen-bond acceptors (Lipinski definition) is 5. The maximum absolute atomic E-state index is 10.8. The van der Waals surface area contributed by atoms with Gasteiger partial charge in [0, 0.05) is 0 Å². The van der Waals surface area contributed by atoms with Crippen molar-refractivity contribution in [1.29, 1.82) is 0 Å². The van der Waals surface area contributed by atoms with E-state index in [1.54, 1.807) is 0 Å². The highest BCUT2D eigenvalue weighted by atomic mass is 35.5. The molecule has 1 atom stereocenters. The van der Waals surface area contributed by atoms with Gasteiger partial charge in [-0.2, -0.15) is 4.98 Å². The summed E-state index contributed by atoms with van der Waals surface area (Å²) in [5.41, 5.74) is -0.255. The van der Waals surface area contributed by atoms with Crippen molar-refractivity contribution in [3.63, 3.8) is 0 Å². The first-order valence-corrected chi connectivity index (χ1v) is 6.76. The summed E-state index contributed by atoms with van der Waals surface area (Å²) in [7, 11) is 0. The number of aromatic nitrogens is 2. The lowest BCUT2D eigenvalue weighted by Gasteiger charge is -2.14. The third-order valence-electron chi connectivity index (χ3n) is 2.90. The Morgan fingerprint density at radius 2 is 2.26 bits per heavy atom. The second-order valence-electron chi connectivity index (χ2n) is 4.31. The Labute approximate surface area is 117 Å². The highest BCUT2D eigenvalue weighted by Gasteiger charge is 2.19. The van der Waals surface area contributed by atoms with Gasteiger partial charge >= 0.3 is 5.69 Å². The van der Waals surface area contributed by atoms with Crippen molar-refractivity contribution >= 4 is 17.3 Å². The Morgan fingerprint density at radius 1 is 1.53 bits per heavy atom.